The smallest absolute Gasteiger partial charge is 0.241 e. The molecule has 1 N–H and O–H groups in total. The van der Waals surface area contributed by atoms with Crippen LogP contribution in [0.15, 0.2) is 24.3 Å². The van der Waals surface area contributed by atoms with Crippen LogP contribution in [0.4, 0.5) is 0 Å². The standard InChI is InChI=1S/C17H24N2O2/c1-13-6-5-9-19(12-13)17(21)11-18-16(20)10-15-8-4-3-7-14(15)2/h3-4,7-8,13H,5-6,9-12H2,1-2H3,(H,18,20). The average molecular weight is 288 g/mol. The van der Waals surface area contributed by atoms with Crippen LogP contribution < -0.4 is 5.32 Å². The Morgan fingerprint density at radius 2 is 2.10 bits per heavy atom. The van der Waals surface area contributed by atoms with Gasteiger partial charge in [0.15, 0.2) is 0 Å². The summed E-state index contributed by atoms with van der Waals surface area (Å²) in [5, 5.41) is 2.74. The van der Waals surface area contributed by atoms with E-state index in [1.165, 1.54) is 6.42 Å². The SMILES string of the molecule is Cc1ccccc1CC(=O)NCC(=O)N1CCCC(C)C1. The van der Waals surface area contributed by atoms with E-state index < -0.39 is 0 Å². The highest BCUT2D eigenvalue weighted by Crippen LogP contribution is 2.15. The fourth-order valence-corrected chi connectivity index (χ4v) is 2.75. The van der Waals surface area contributed by atoms with Gasteiger partial charge in [-0.1, -0.05) is 31.2 Å². The zero-order valence-electron chi connectivity index (χ0n) is 12.9. The van der Waals surface area contributed by atoms with Crippen molar-refractivity contribution in [3.05, 3.63) is 35.4 Å². The summed E-state index contributed by atoms with van der Waals surface area (Å²) in [6.07, 6.45) is 2.57. The largest absolute Gasteiger partial charge is 0.347 e. The molecule has 2 amide bonds. The Labute approximate surface area is 126 Å². The quantitative estimate of drug-likeness (QED) is 0.920. The maximum atomic E-state index is 12.1. The van der Waals surface area contributed by atoms with Crippen LogP contribution in [0.2, 0.25) is 0 Å². The minimum atomic E-state index is -0.0947. The van der Waals surface area contributed by atoms with Crippen molar-refractivity contribution in [3.8, 4) is 0 Å². The van der Waals surface area contributed by atoms with Crippen LogP contribution in [0.3, 0.4) is 0 Å². The number of nitrogens with one attached hydrogen (secondary N) is 1. The number of likely N-dealkylation sites (tertiary alicyclic amines) is 1. The normalized spacial score (nSPS) is 18.4. The zero-order valence-corrected chi connectivity index (χ0v) is 12.9. The maximum absolute atomic E-state index is 12.1. The van der Waals surface area contributed by atoms with E-state index in [-0.39, 0.29) is 18.4 Å². The minimum absolute atomic E-state index is 0.0275. The summed E-state index contributed by atoms with van der Waals surface area (Å²) in [5.41, 5.74) is 2.11. The monoisotopic (exact) mass is 288 g/mol. The first kappa shape index (κ1) is 15.5. The number of hydrogen-bond acceptors (Lipinski definition) is 2. The predicted molar refractivity (Wildman–Crippen MR) is 82.9 cm³/mol. The van der Waals surface area contributed by atoms with Crippen molar-refractivity contribution < 1.29 is 9.59 Å². The van der Waals surface area contributed by atoms with E-state index in [1.807, 2.05) is 36.1 Å². The summed E-state index contributed by atoms with van der Waals surface area (Å²) in [6.45, 7) is 5.89. The fraction of sp³-hybridized carbons (Fsp3) is 0.529. The summed E-state index contributed by atoms with van der Waals surface area (Å²) < 4.78 is 0. The molecule has 1 heterocycles. The van der Waals surface area contributed by atoms with Gasteiger partial charge >= 0.3 is 0 Å². The first-order valence-electron chi connectivity index (χ1n) is 7.65. The number of carbonyl (C=O) groups is 2. The Morgan fingerprint density at radius 3 is 2.81 bits per heavy atom. The van der Waals surface area contributed by atoms with Gasteiger partial charge in [-0.3, -0.25) is 9.59 Å². The lowest BCUT2D eigenvalue weighted by Crippen LogP contribution is -2.44. The maximum Gasteiger partial charge on any atom is 0.241 e. The third-order valence-corrected chi connectivity index (χ3v) is 4.06. The highest BCUT2D eigenvalue weighted by Gasteiger charge is 2.21. The van der Waals surface area contributed by atoms with Crippen LogP contribution in [0.1, 0.15) is 30.9 Å². The molecule has 1 saturated heterocycles. The zero-order chi connectivity index (χ0) is 15.2. The number of rotatable bonds is 4. The molecule has 0 aliphatic carbocycles. The first-order valence-corrected chi connectivity index (χ1v) is 7.65. The number of benzene rings is 1. The number of amides is 2. The van der Waals surface area contributed by atoms with Crippen molar-refractivity contribution in [2.24, 2.45) is 5.92 Å². The molecule has 0 saturated carbocycles. The van der Waals surface area contributed by atoms with E-state index in [1.54, 1.807) is 0 Å². The summed E-state index contributed by atoms with van der Waals surface area (Å²) in [5.74, 6) is 0.493. The van der Waals surface area contributed by atoms with Gasteiger partial charge in [0, 0.05) is 13.1 Å². The predicted octanol–water partition coefficient (Wildman–Crippen LogP) is 1.91. The van der Waals surface area contributed by atoms with Gasteiger partial charge in [0.05, 0.1) is 13.0 Å². The van der Waals surface area contributed by atoms with Crippen molar-refractivity contribution in [1.29, 1.82) is 0 Å². The fourth-order valence-electron chi connectivity index (χ4n) is 2.75. The van der Waals surface area contributed by atoms with Crippen LogP contribution in [-0.4, -0.2) is 36.3 Å². The van der Waals surface area contributed by atoms with Gasteiger partial charge in [0.1, 0.15) is 0 Å². The van der Waals surface area contributed by atoms with Crippen molar-refractivity contribution in [3.63, 3.8) is 0 Å². The highest BCUT2D eigenvalue weighted by atomic mass is 16.2. The molecule has 4 nitrogen and oxygen atoms in total. The topological polar surface area (TPSA) is 49.4 Å². The van der Waals surface area contributed by atoms with Crippen LogP contribution in [0, 0.1) is 12.8 Å². The second-order valence-corrected chi connectivity index (χ2v) is 5.97. The molecule has 1 atom stereocenters. The Morgan fingerprint density at radius 1 is 1.33 bits per heavy atom. The van der Waals surface area contributed by atoms with Gasteiger partial charge in [-0.15, -0.1) is 0 Å². The van der Waals surface area contributed by atoms with E-state index in [0.717, 1.165) is 30.6 Å². The van der Waals surface area contributed by atoms with Gasteiger partial charge in [0.2, 0.25) is 11.8 Å². The molecule has 4 heteroatoms. The van der Waals surface area contributed by atoms with E-state index >= 15 is 0 Å². The van der Waals surface area contributed by atoms with Crippen molar-refractivity contribution in [1.82, 2.24) is 10.2 Å². The van der Waals surface area contributed by atoms with Crippen LogP contribution in [0.5, 0.6) is 0 Å². The Hall–Kier alpha value is -1.84. The Bertz CT molecular complexity index is 513. The molecule has 1 aromatic rings. The van der Waals surface area contributed by atoms with Crippen molar-refractivity contribution in [2.75, 3.05) is 19.6 Å². The molecule has 0 bridgehead atoms. The molecule has 0 spiro atoms. The van der Waals surface area contributed by atoms with Gasteiger partial charge in [-0.25, -0.2) is 0 Å². The molecule has 1 aliphatic rings. The number of aryl methyl sites for hydroxylation is 1. The number of hydrogen-bond donors (Lipinski definition) is 1. The van der Waals surface area contributed by atoms with Crippen LogP contribution >= 0.6 is 0 Å². The third kappa shape index (κ3) is 4.59. The Balaban J connectivity index is 1.78. The number of carbonyl (C=O) groups excluding carboxylic acids is 2. The summed E-state index contributed by atoms with van der Waals surface area (Å²) in [6, 6.07) is 7.82. The van der Waals surface area contributed by atoms with Gasteiger partial charge in [-0.2, -0.15) is 0 Å². The molecule has 0 aromatic heterocycles. The third-order valence-electron chi connectivity index (χ3n) is 4.06. The molecular formula is C17H24N2O2. The Kier molecular flexibility index (Phi) is 5.37. The number of nitrogens with zero attached hydrogens (tertiary/aromatic N) is 1. The van der Waals surface area contributed by atoms with Gasteiger partial charge in [-0.05, 0) is 36.8 Å². The summed E-state index contributed by atoms with van der Waals surface area (Å²) >= 11 is 0. The van der Waals surface area contributed by atoms with E-state index in [4.69, 9.17) is 0 Å². The van der Waals surface area contributed by atoms with Crippen molar-refractivity contribution >= 4 is 11.8 Å². The van der Waals surface area contributed by atoms with Crippen molar-refractivity contribution in [2.45, 2.75) is 33.1 Å². The lowest BCUT2D eigenvalue weighted by molar-refractivity contribution is -0.134. The molecule has 1 unspecified atom stereocenters. The molecule has 1 aromatic carbocycles. The minimum Gasteiger partial charge on any atom is -0.347 e. The van der Waals surface area contributed by atoms with E-state index in [0.29, 0.717) is 12.3 Å². The van der Waals surface area contributed by atoms with Crippen LogP contribution in [0.25, 0.3) is 0 Å². The lowest BCUT2D eigenvalue weighted by atomic mass is 10.0. The lowest BCUT2D eigenvalue weighted by Gasteiger charge is -2.31. The molecule has 1 fully saturated rings. The molecular weight excluding hydrogens is 264 g/mol. The van der Waals surface area contributed by atoms with E-state index in [9.17, 15) is 9.59 Å². The molecule has 114 valence electrons. The molecule has 1 aliphatic heterocycles. The average Bonchev–Trinajstić information content (AvgIpc) is 2.47. The van der Waals surface area contributed by atoms with Gasteiger partial charge < -0.3 is 10.2 Å². The molecule has 0 radical (unpaired) electrons. The number of piperidine rings is 1. The first-order chi connectivity index (χ1) is 10.1. The highest BCUT2D eigenvalue weighted by molar-refractivity contribution is 5.85. The molecule has 2 rings (SSSR count). The second kappa shape index (κ2) is 7.25. The summed E-state index contributed by atoms with van der Waals surface area (Å²) in [4.78, 5) is 25.9. The van der Waals surface area contributed by atoms with E-state index in [2.05, 4.69) is 12.2 Å². The van der Waals surface area contributed by atoms with Crippen LogP contribution in [-0.2, 0) is 16.0 Å². The molecule has 21 heavy (non-hydrogen) atoms. The van der Waals surface area contributed by atoms with Gasteiger partial charge in [0.25, 0.3) is 0 Å². The second-order valence-electron chi connectivity index (χ2n) is 5.97. The summed E-state index contributed by atoms with van der Waals surface area (Å²) in [7, 11) is 0.